The number of halogens is 1. The van der Waals surface area contributed by atoms with Crippen LogP contribution in [0.4, 0.5) is 0 Å². The highest BCUT2D eigenvalue weighted by molar-refractivity contribution is 5.85. The van der Waals surface area contributed by atoms with E-state index < -0.39 is 6.10 Å². The Morgan fingerprint density at radius 2 is 1.35 bits per heavy atom. The Kier molecular flexibility index (Phi) is 9.00. The molecular weight excluding hydrogens is 418 g/mol. The summed E-state index contributed by atoms with van der Waals surface area (Å²) < 4.78 is 5.60. The molecule has 166 valence electrons. The number of aliphatic hydroxyl groups excluding tert-OH is 1. The van der Waals surface area contributed by atoms with E-state index in [0.29, 0.717) is 24.4 Å². The molecule has 0 unspecified atom stereocenters. The molecule has 0 spiro atoms. The molecule has 0 heterocycles. The number of aromatic hydroxyl groups is 3. The maximum absolute atomic E-state index is 10.3. The quantitative estimate of drug-likeness (QED) is 0.344. The standard InChI is InChI=1S/C24H27NO5.ClH/c1-16-12-22(10-11-24(16)29)30-15-21(28)13-25-14-23(17-2-6-19(26)7-3-17)18-4-8-20(27)9-5-18;/h2-12,21,23,25-29H,13-15H2,1H3;1H/t21-;/m0./s1. The fourth-order valence-electron chi connectivity index (χ4n) is 3.20. The Balaban J connectivity index is 0.00000341. The Morgan fingerprint density at radius 3 is 1.87 bits per heavy atom. The van der Waals surface area contributed by atoms with Gasteiger partial charge >= 0.3 is 0 Å². The van der Waals surface area contributed by atoms with Gasteiger partial charge in [-0.05, 0) is 66.1 Å². The van der Waals surface area contributed by atoms with Gasteiger partial charge in [-0.2, -0.15) is 0 Å². The van der Waals surface area contributed by atoms with E-state index in [1.165, 1.54) is 0 Å². The lowest BCUT2D eigenvalue weighted by Gasteiger charge is -2.20. The van der Waals surface area contributed by atoms with E-state index in [2.05, 4.69) is 5.32 Å². The molecule has 7 heteroatoms. The predicted molar refractivity (Wildman–Crippen MR) is 123 cm³/mol. The maximum atomic E-state index is 10.3. The van der Waals surface area contributed by atoms with Crippen molar-refractivity contribution in [2.75, 3.05) is 19.7 Å². The summed E-state index contributed by atoms with van der Waals surface area (Å²) in [7, 11) is 0. The Hall–Kier alpha value is -2.93. The summed E-state index contributed by atoms with van der Waals surface area (Å²) in [6, 6.07) is 19.0. The molecule has 3 rings (SSSR count). The van der Waals surface area contributed by atoms with Crippen molar-refractivity contribution >= 4 is 12.4 Å². The molecule has 1 atom stereocenters. The fraction of sp³-hybridized carbons (Fsp3) is 0.250. The van der Waals surface area contributed by atoms with Crippen LogP contribution in [-0.4, -0.2) is 46.2 Å². The first kappa shape index (κ1) is 24.3. The van der Waals surface area contributed by atoms with E-state index in [0.717, 1.165) is 11.1 Å². The van der Waals surface area contributed by atoms with Crippen LogP contribution in [0.1, 0.15) is 22.6 Å². The van der Waals surface area contributed by atoms with E-state index in [4.69, 9.17) is 4.74 Å². The van der Waals surface area contributed by atoms with Gasteiger partial charge in [-0.1, -0.05) is 24.3 Å². The Morgan fingerprint density at radius 1 is 0.806 bits per heavy atom. The van der Waals surface area contributed by atoms with Crippen molar-refractivity contribution in [1.29, 1.82) is 0 Å². The van der Waals surface area contributed by atoms with E-state index in [-0.39, 0.29) is 42.2 Å². The number of rotatable bonds is 9. The zero-order chi connectivity index (χ0) is 21.5. The molecule has 0 amide bonds. The number of ether oxygens (including phenoxy) is 1. The molecule has 6 nitrogen and oxygen atoms in total. The molecule has 0 saturated heterocycles. The van der Waals surface area contributed by atoms with Gasteiger partial charge in [0.2, 0.25) is 0 Å². The number of phenolic OH excluding ortho intramolecular Hbond substituents is 3. The summed E-state index contributed by atoms with van der Waals surface area (Å²) >= 11 is 0. The molecular formula is C24H28ClNO5. The second-order valence-electron chi connectivity index (χ2n) is 7.31. The third kappa shape index (κ3) is 7.07. The van der Waals surface area contributed by atoms with Gasteiger partial charge < -0.3 is 30.5 Å². The minimum absolute atomic E-state index is 0. The molecule has 3 aromatic rings. The highest BCUT2D eigenvalue weighted by Gasteiger charge is 2.15. The molecule has 0 saturated carbocycles. The summed E-state index contributed by atoms with van der Waals surface area (Å²) in [5, 5.41) is 42.2. The third-order valence-electron chi connectivity index (χ3n) is 4.93. The van der Waals surface area contributed by atoms with Gasteiger partial charge in [0.05, 0.1) is 0 Å². The number of hydrogen-bond acceptors (Lipinski definition) is 6. The van der Waals surface area contributed by atoms with Crippen LogP contribution < -0.4 is 10.1 Å². The number of aryl methyl sites for hydroxylation is 1. The van der Waals surface area contributed by atoms with Crippen molar-refractivity contribution in [2.24, 2.45) is 0 Å². The van der Waals surface area contributed by atoms with Crippen LogP contribution in [0.5, 0.6) is 23.0 Å². The highest BCUT2D eigenvalue weighted by atomic mass is 35.5. The molecule has 0 aliphatic heterocycles. The average molecular weight is 446 g/mol. The SMILES string of the molecule is Cc1cc(OC[C@@H](O)CNCC(c2ccc(O)cc2)c2ccc(O)cc2)ccc1O.Cl. The van der Waals surface area contributed by atoms with Crippen molar-refractivity contribution in [3.63, 3.8) is 0 Å². The minimum atomic E-state index is -0.709. The molecule has 0 radical (unpaired) electrons. The van der Waals surface area contributed by atoms with Crippen LogP contribution in [0, 0.1) is 6.92 Å². The van der Waals surface area contributed by atoms with Gasteiger partial charge in [-0.3, -0.25) is 0 Å². The van der Waals surface area contributed by atoms with Crippen LogP contribution in [0.15, 0.2) is 66.7 Å². The van der Waals surface area contributed by atoms with Crippen LogP contribution in [-0.2, 0) is 0 Å². The van der Waals surface area contributed by atoms with Crippen molar-refractivity contribution in [2.45, 2.75) is 18.9 Å². The molecule has 3 aromatic carbocycles. The topological polar surface area (TPSA) is 102 Å². The lowest BCUT2D eigenvalue weighted by molar-refractivity contribution is 0.106. The smallest absolute Gasteiger partial charge is 0.119 e. The molecule has 0 aliphatic carbocycles. The van der Waals surface area contributed by atoms with Crippen LogP contribution in [0.25, 0.3) is 0 Å². The van der Waals surface area contributed by atoms with Gasteiger partial charge in [-0.25, -0.2) is 0 Å². The van der Waals surface area contributed by atoms with Gasteiger partial charge in [0.1, 0.15) is 35.7 Å². The monoisotopic (exact) mass is 445 g/mol. The Bertz CT molecular complexity index is 902. The van der Waals surface area contributed by atoms with Crippen LogP contribution in [0.3, 0.4) is 0 Å². The van der Waals surface area contributed by atoms with Crippen molar-refractivity contribution in [1.82, 2.24) is 5.32 Å². The summed E-state index contributed by atoms with van der Waals surface area (Å²) in [4.78, 5) is 0. The summed E-state index contributed by atoms with van der Waals surface area (Å²) in [6.07, 6.45) is -0.709. The molecule has 5 N–H and O–H groups in total. The summed E-state index contributed by atoms with van der Waals surface area (Å²) in [5.41, 5.74) is 2.73. The van der Waals surface area contributed by atoms with Crippen LogP contribution in [0.2, 0.25) is 0 Å². The van der Waals surface area contributed by atoms with E-state index in [9.17, 15) is 20.4 Å². The fourth-order valence-corrected chi connectivity index (χ4v) is 3.20. The van der Waals surface area contributed by atoms with E-state index in [1.54, 1.807) is 49.4 Å². The van der Waals surface area contributed by atoms with E-state index >= 15 is 0 Å². The average Bonchev–Trinajstić information content (AvgIpc) is 2.74. The zero-order valence-corrected chi connectivity index (χ0v) is 18.0. The first-order valence-corrected chi connectivity index (χ1v) is 9.81. The maximum Gasteiger partial charge on any atom is 0.119 e. The predicted octanol–water partition coefficient (Wildman–Crippen LogP) is 3.70. The molecule has 0 bridgehead atoms. The second kappa shape index (κ2) is 11.5. The lowest BCUT2D eigenvalue weighted by atomic mass is 9.91. The first-order chi connectivity index (χ1) is 14.4. The van der Waals surface area contributed by atoms with Gasteiger partial charge in [0, 0.05) is 19.0 Å². The molecule has 31 heavy (non-hydrogen) atoms. The zero-order valence-electron chi connectivity index (χ0n) is 17.2. The van der Waals surface area contributed by atoms with Gasteiger partial charge in [0.15, 0.2) is 0 Å². The highest BCUT2D eigenvalue weighted by Crippen LogP contribution is 2.27. The van der Waals surface area contributed by atoms with Gasteiger partial charge in [0.25, 0.3) is 0 Å². The third-order valence-corrected chi connectivity index (χ3v) is 4.93. The summed E-state index contributed by atoms with van der Waals surface area (Å²) in [6.45, 7) is 2.81. The number of aliphatic hydroxyl groups is 1. The van der Waals surface area contributed by atoms with Crippen molar-refractivity contribution in [3.05, 3.63) is 83.4 Å². The largest absolute Gasteiger partial charge is 0.508 e. The summed E-state index contributed by atoms with van der Waals surface area (Å²) in [5.74, 6) is 1.19. The number of phenols is 3. The van der Waals surface area contributed by atoms with Gasteiger partial charge in [-0.15, -0.1) is 12.4 Å². The lowest BCUT2D eigenvalue weighted by Crippen LogP contribution is -2.34. The Labute approximate surface area is 188 Å². The number of hydrogen-bond donors (Lipinski definition) is 5. The van der Waals surface area contributed by atoms with Crippen LogP contribution >= 0.6 is 12.4 Å². The second-order valence-corrected chi connectivity index (χ2v) is 7.31. The molecule has 0 aromatic heterocycles. The normalized spacial score (nSPS) is 11.7. The first-order valence-electron chi connectivity index (χ1n) is 9.81. The molecule has 0 aliphatic rings. The van der Waals surface area contributed by atoms with Crippen molar-refractivity contribution in [3.8, 4) is 23.0 Å². The number of benzene rings is 3. The van der Waals surface area contributed by atoms with E-state index in [1.807, 2.05) is 24.3 Å². The number of nitrogens with one attached hydrogen (secondary N) is 1. The minimum Gasteiger partial charge on any atom is -0.508 e. The van der Waals surface area contributed by atoms with Crippen molar-refractivity contribution < 1.29 is 25.2 Å². The molecule has 0 fully saturated rings.